The van der Waals surface area contributed by atoms with E-state index in [1.807, 2.05) is 0 Å². The van der Waals surface area contributed by atoms with Gasteiger partial charge in [-0.25, -0.2) is 0 Å². The highest BCUT2D eigenvalue weighted by molar-refractivity contribution is 7.99. The van der Waals surface area contributed by atoms with Crippen molar-refractivity contribution in [3.8, 4) is 0 Å². The summed E-state index contributed by atoms with van der Waals surface area (Å²) in [6.45, 7) is 2.44. The van der Waals surface area contributed by atoms with Crippen LogP contribution in [0.4, 0.5) is 0 Å². The lowest BCUT2D eigenvalue weighted by Gasteiger charge is -2.19. The molecule has 2 aliphatic heterocycles. The second-order valence-corrected chi connectivity index (χ2v) is 9.03. The van der Waals surface area contributed by atoms with Gasteiger partial charge in [0.2, 0.25) is 11.8 Å². The van der Waals surface area contributed by atoms with Gasteiger partial charge in [-0.15, -0.1) is 0 Å². The van der Waals surface area contributed by atoms with Crippen LogP contribution in [0.2, 0.25) is 0 Å². The highest BCUT2D eigenvalue weighted by Gasteiger charge is 2.25. The first-order valence-electron chi connectivity index (χ1n) is 10.5. The van der Waals surface area contributed by atoms with Crippen LogP contribution in [-0.4, -0.2) is 81.5 Å². The molecule has 2 heterocycles. The van der Waals surface area contributed by atoms with Crippen LogP contribution >= 0.6 is 11.8 Å². The molecule has 0 aromatic rings. The van der Waals surface area contributed by atoms with Crippen LogP contribution in [-0.2, 0) is 19.2 Å². The predicted octanol–water partition coefficient (Wildman–Crippen LogP) is 1.93. The summed E-state index contributed by atoms with van der Waals surface area (Å²) in [6.07, 6.45) is 4.78. The van der Waals surface area contributed by atoms with Crippen LogP contribution < -0.4 is 0 Å². The van der Waals surface area contributed by atoms with E-state index in [1.54, 1.807) is 21.6 Å². The number of rotatable bonds is 14. The van der Waals surface area contributed by atoms with Crippen molar-refractivity contribution >= 4 is 35.5 Å². The maximum absolute atomic E-state index is 11.6. The van der Waals surface area contributed by atoms with Gasteiger partial charge in [-0.3, -0.25) is 19.2 Å². The Bertz CT molecular complexity index is 550. The number of carbonyl (C=O) groups excluding carboxylic acids is 2. The molecular formula is C20H32N2O6S. The minimum atomic E-state index is -0.837. The normalized spacial score (nSPS) is 19.0. The van der Waals surface area contributed by atoms with E-state index >= 15 is 0 Å². The van der Waals surface area contributed by atoms with E-state index in [0.717, 1.165) is 25.9 Å². The molecule has 2 amide bonds. The van der Waals surface area contributed by atoms with Gasteiger partial charge in [-0.05, 0) is 50.0 Å². The summed E-state index contributed by atoms with van der Waals surface area (Å²) in [5, 5.41) is 18.8. The van der Waals surface area contributed by atoms with Gasteiger partial charge in [0.1, 0.15) is 0 Å². The molecule has 2 atom stereocenters. The van der Waals surface area contributed by atoms with E-state index in [-0.39, 0.29) is 11.8 Å². The molecule has 2 aliphatic rings. The maximum Gasteiger partial charge on any atom is 0.306 e. The fourth-order valence-electron chi connectivity index (χ4n) is 3.84. The van der Waals surface area contributed by atoms with E-state index in [9.17, 15) is 29.4 Å². The Kier molecular flexibility index (Phi) is 9.76. The quantitative estimate of drug-likeness (QED) is 0.406. The molecule has 164 valence electrons. The summed E-state index contributed by atoms with van der Waals surface area (Å²) in [7, 11) is 0. The fraction of sp³-hybridized carbons (Fsp3) is 0.800. The van der Waals surface area contributed by atoms with Gasteiger partial charge in [-0.1, -0.05) is 0 Å². The number of amides is 2. The topological polar surface area (TPSA) is 115 Å². The van der Waals surface area contributed by atoms with Gasteiger partial charge >= 0.3 is 11.9 Å². The van der Waals surface area contributed by atoms with E-state index < -0.39 is 23.8 Å². The number of hydrogen-bond donors (Lipinski definition) is 2. The minimum Gasteiger partial charge on any atom is -0.481 e. The van der Waals surface area contributed by atoms with Crippen molar-refractivity contribution < 1.29 is 29.4 Å². The zero-order valence-corrected chi connectivity index (χ0v) is 17.7. The van der Waals surface area contributed by atoms with Crippen LogP contribution in [0.3, 0.4) is 0 Å². The van der Waals surface area contributed by atoms with E-state index in [4.69, 9.17) is 0 Å². The third-order valence-corrected chi connectivity index (χ3v) is 6.81. The monoisotopic (exact) mass is 428 g/mol. The van der Waals surface area contributed by atoms with Gasteiger partial charge in [-0.2, -0.15) is 11.8 Å². The molecule has 8 nitrogen and oxygen atoms in total. The highest BCUT2D eigenvalue weighted by Crippen LogP contribution is 2.20. The van der Waals surface area contributed by atoms with Crippen LogP contribution in [0.1, 0.15) is 51.4 Å². The number of thioether (sulfide) groups is 1. The summed E-state index contributed by atoms with van der Waals surface area (Å²) >= 11 is 1.57. The predicted molar refractivity (Wildman–Crippen MR) is 110 cm³/mol. The number of aliphatic carboxylic acids is 2. The SMILES string of the molecule is O=C(O)C(CCSCCC(CCN1CCCC1=O)C(=O)O)CCN1CCCC1=O. The number of nitrogens with zero attached hydrogens (tertiary/aromatic N) is 2. The lowest BCUT2D eigenvalue weighted by Crippen LogP contribution is -2.29. The fourth-order valence-corrected chi connectivity index (χ4v) is 4.95. The summed E-state index contributed by atoms with van der Waals surface area (Å²) < 4.78 is 0. The average Bonchev–Trinajstić information content (AvgIpc) is 3.27. The molecule has 29 heavy (non-hydrogen) atoms. The molecule has 2 rings (SSSR count). The molecule has 9 heteroatoms. The van der Waals surface area contributed by atoms with Gasteiger partial charge < -0.3 is 20.0 Å². The molecule has 0 aromatic heterocycles. The molecule has 2 saturated heterocycles. The molecule has 0 aromatic carbocycles. The molecule has 0 radical (unpaired) electrons. The number of carboxylic acid groups (broad SMARTS) is 2. The average molecular weight is 429 g/mol. The lowest BCUT2D eigenvalue weighted by atomic mass is 10.0. The standard InChI is InChI=1S/C20H32N2O6S/c23-17-3-1-9-21(17)11-5-15(19(25)26)7-13-29-14-8-16(20(27)28)6-12-22-10-2-4-18(22)24/h15-16H,1-14H2,(H,25,26)(H,27,28). The minimum absolute atomic E-state index is 0.110. The van der Waals surface area contributed by atoms with Gasteiger partial charge in [0.05, 0.1) is 11.8 Å². The molecule has 0 aliphatic carbocycles. The number of likely N-dealkylation sites (tertiary alicyclic amines) is 2. The van der Waals surface area contributed by atoms with Crippen LogP contribution in [0.15, 0.2) is 0 Å². The smallest absolute Gasteiger partial charge is 0.306 e. The third-order valence-electron chi connectivity index (χ3n) is 5.76. The molecule has 0 spiro atoms. The molecule has 0 saturated carbocycles. The van der Waals surface area contributed by atoms with E-state index in [2.05, 4.69) is 0 Å². The number of carboxylic acids is 2. The van der Waals surface area contributed by atoms with Crippen molar-refractivity contribution in [3.63, 3.8) is 0 Å². The summed E-state index contributed by atoms with van der Waals surface area (Å²) in [6, 6.07) is 0. The molecule has 2 fully saturated rings. The molecule has 2 unspecified atom stereocenters. The van der Waals surface area contributed by atoms with Crippen molar-refractivity contribution in [2.24, 2.45) is 11.8 Å². The highest BCUT2D eigenvalue weighted by atomic mass is 32.2. The van der Waals surface area contributed by atoms with Crippen molar-refractivity contribution in [2.45, 2.75) is 51.4 Å². The summed E-state index contributed by atoms with van der Waals surface area (Å²) in [5.41, 5.74) is 0. The van der Waals surface area contributed by atoms with Crippen molar-refractivity contribution in [2.75, 3.05) is 37.7 Å². The zero-order valence-electron chi connectivity index (χ0n) is 16.9. The zero-order chi connectivity index (χ0) is 21.2. The van der Waals surface area contributed by atoms with Gasteiger partial charge in [0.25, 0.3) is 0 Å². The van der Waals surface area contributed by atoms with Crippen LogP contribution in [0, 0.1) is 11.8 Å². The molecule has 0 bridgehead atoms. The summed E-state index contributed by atoms with van der Waals surface area (Å²) in [5.74, 6) is -1.10. The van der Waals surface area contributed by atoms with E-state index in [0.29, 0.717) is 63.1 Å². The number of carbonyl (C=O) groups is 4. The third kappa shape index (κ3) is 7.87. The maximum atomic E-state index is 11.6. The first-order chi connectivity index (χ1) is 13.9. The first-order valence-corrected chi connectivity index (χ1v) is 11.6. The Hall–Kier alpha value is -1.77. The van der Waals surface area contributed by atoms with Crippen LogP contribution in [0.5, 0.6) is 0 Å². The second kappa shape index (κ2) is 12.0. The van der Waals surface area contributed by atoms with E-state index in [1.165, 1.54) is 0 Å². The molecule has 2 N–H and O–H groups in total. The Morgan fingerprint density at radius 2 is 1.21 bits per heavy atom. The largest absolute Gasteiger partial charge is 0.481 e. The number of hydrogen-bond acceptors (Lipinski definition) is 5. The van der Waals surface area contributed by atoms with Crippen molar-refractivity contribution in [1.82, 2.24) is 9.80 Å². The molecular weight excluding hydrogens is 396 g/mol. The van der Waals surface area contributed by atoms with Gasteiger partial charge in [0, 0.05) is 39.0 Å². The van der Waals surface area contributed by atoms with Gasteiger partial charge in [0.15, 0.2) is 0 Å². The second-order valence-electron chi connectivity index (χ2n) is 7.81. The Balaban J connectivity index is 1.62. The van der Waals surface area contributed by atoms with Crippen LogP contribution in [0.25, 0.3) is 0 Å². The Labute approximate surface area is 176 Å². The lowest BCUT2D eigenvalue weighted by molar-refractivity contribution is -0.143. The first kappa shape index (κ1) is 23.5. The Morgan fingerprint density at radius 1 is 0.793 bits per heavy atom. The van der Waals surface area contributed by atoms with Crippen molar-refractivity contribution in [3.05, 3.63) is 0 Å². The summed E-state index contributed by atoms with van der Waals surface area (Å²) in [4.78, 5) is 49.7. The van der Waals surface area contributed by atoms with Crippen molar-refractivity contribution in [1.29, 1.82) is 0 Å². The Morgan fingerprint density at radius 3 is 1.52 bits per heavy atom.